The quantitative estimate of drug-likeness (QED) is 0.167. The van der Waals surface area contributed by atoms with Crippen LogP contribution in [0.1, 0.15) is 97.6 Å². The molecule has 0 aliphatic carbocycles. The fourth-order valence-electron chi connectivity index (χ4n) is 2.08. The minimum absolute atomic E-state index is 0.121. The van der Waals surface area contributed by atoms with Gasteiger partial charge < -0.3 is 0 Å². The van der Waals surface area contributed by atoms with Crippen molar-refractivity contribution in [3.8, 4) is 11.8 Å². The van der Waals surface area contributed by atoms with Crippen molar-refractivity contribution in [3.63, 3.8) is 0 Å². The standard InChI is InChI=1S/C14H14.C9H14.C8H8O.C3H6.2C2H6/c1-11(2)8-9-13-6-5-7-14(10-13)12(3)4;1-5-9(4)7-6-8(2)3;1-7(9)8-5-3-2-4-6-8;1-3-2;2*1-2/h5-7,10H,1,3H2,2,4H3;5-7H,2H2,1,3-4H3;2-6H,1H3;3H,1H2,2H3;2*1-2H3/b;7-6-,9-5-;;;;. The maximum atomic E-state index is 10.6. The summed E-state index contributed by atoms with van der Waals surface area (Å²) in [6, 6.07) is 17.3. The largest absolute Gasteiger partial charge is 0.295 e. The summed E-state index contributed by atoms with van der Waals surface area (Å²) in [5.74, 6) is 6.12. The Bertz CT molecular complexity index is 1080. The Labute approximate surface area is 242 Å². The second kappa shape index (κ2) is 30.3. The molecule has 1 nitrogen and oxygen atoms in total. The molecule has 0 spiro atoms. The Morgan fingerprint density at radius 2 is 1.23 bits per heavy atom. The van der Waals surface area contributed by atoms with E-state index < -0.39 is 0 Å². The minimum Gasteiger partial charge on any atom is -0.295 e. The molecule has 2 rings (SSSR count). The summed E-state index contributed by atoms with van der Waals surface area (Å²) in [5.41, 5.74) is 7.23. The second-order valence-corrected chi connectivity index (χ2v) is 7.93. The predicted molar refractivity (Wildman–Crippen MR) is 181 cm³/mol. The molecule has 0 N–H and O–H groups in total. The highest BCUT2D eigenvalue weighted by molar-refractivity contribution is 5.93. The first-order valence-corrected chi connectivity index (χ1v) is 13.5. The number of benzene rings is 2. The Kier molecular flexibility index (Phi) is 32.8. The van der Waals surface area contributed by atoms with Crippen LogP contribution in [0.25, 0.3) is 5.57 Å². The average molecular weight is 527 g/mol. The maximum Gasteiger partial charge on any atom is 0.159 e. The van der Waals surface area contributed by atoms with E-state index in [0.29, 0.717) is 0 Å². The lowest BCUT2D eigenvalue weighted by molar-refractivity contribution is 0.101. The molecule has 0 saturated carbocycles. The van der Waals surface area contributed by atoms with Gasteiger partial charge in [-0.15, -0.1) is 6.58 Å². The zero-order valence-electron chi connectivity index (χ0n) is 26.7. The molecule has 0 saturated heterocycles. The molecule has 2 aromatic carbocycles. The van der Waals surface area contributed by atoms with Crippen LogP contribution in [-0.4, -0.2) is 5.78 Å². The van der Waals surface area contributed by atoms with Crippen LogP contribution in [0.15, 0.2) is 122 Å². The minimum atomic E-state index is 0.121. The molecule has 2 aromatic rings. The molecule has 0 heterocycles. The van der Waals surface area contributed by atoms with Crippen LogP contribution in [0.4, 0.5) is 0 Å². The van der Waals surface area contributed by atoms with Gasteiger partial charge >= 0.3 is 0 Å². The van der Waals surface area contributed by atoms with Gasteiger partial charge in [-0.05, 0) is 71.7 Å². The van der Waals surface area contributed by atoms with E-state index in [4.69, 9.17) is 0 Å². The Morgan fingerprint density at radius 1 is 0.744 bits per heavy atom. The van der Waals surface area contributed by atoms with Crippen molar-refractivity contribution in [2.75, 3.05) is 0 Å². The summed E-state index contributed by atoms with van der Waals surface area (Å²) in [6.45, 7) is 36.2. The van der Waals surface area contributed by atoms with Crippen LogP contribution in [0, 0.1) is 11.8 Å². The molecule has 0 amide bonds. The molecule has 0 aliphatic rings. The molecule has 1 heteroatoms. The first-order valence-electron chi connectivity index (χ1n) is 13.5. The highest BCUT2D eigenvalue weighted by Crippen LogP contribution is 2.12. The van der Waals surface area contributed by atoms with Crippen LogP contribution in [-0.2, 0) is 0 Å². The van der Waals surface area contributed by atoms with Gasteiger partial charge in [0.25, 0.3) is 0 Å². The Morgan fingerprint density at radius 3 is 1.59 bits per heavy atom. The van der Waals surface area contributed by atoms with Gasteiger partial charge in [-0.3, -0.25) is 4.79 Å². The van der Waals surface area contributed by atoms with Crippen molar-refractivity contribution < 1.29 is 4.79 Å². The van der Waals surface area contributed by atoms with Gasteiger partial charge in [-0.2, -0.15) is 0 Å². The van der Waals surface area contributed by atoms with E-state index in [1.54, 1.807) is 13.0 Å². The van der Waals surface area contributed by atoms with Gasteiger partial charge in [-0.25, -0.2) is 0 Å². The van der Waals surface area contributed by atoms with Crippen LogP contribution in [0.5, 0.6) is 0 Å². The monoisotopic (exact) mass is 526 g/mol. The van der Waals surface area contributed by atoms with Gasteiger partial charge in [0.2, 0.25) is 0 Å². The third kappa shape index (κ3) is 30.2. The van der Waals surface area contributed by atoms with Gasteiger partial charge in [0, 0.05) is 11.1 Å². The van der Waals surface area contributed by atoms with Crippen LogP contribution in [0.3, 0.4) is 0 Å². The predicted octanol–water partition coefficient (Wildman–Crippen LogP) is 11.9. The summed E-state index contributed by atoms with van der Waals surface area (Å²) >= 11 is 0. The number of Topliss-reactive ketones (excluding diaryl/α,β-unsaturated/α-hetero) is 1. The lowest BCUT2D eigenvalue weighted by Gasteiger charge is -1.98. The van der Waals surface area contributed by atoms with Crippen molar-refractivity contribution >= 4 is 11.4 Å². The molecule has 0 unspecified atom stereocenters. The van der Waals surface area contributed by atoms with E-state index in [0.717, 1.165) is 33.4 Å². The average Bonchev–Trinajstić information content (AvgIpc) is 2.94. The van der Waals surface area contributed by atoms with Crippen LogP contribution in [0.2, 0.25) is 0 Å². The lowest BCUT2D eigenvalue weighted by atomic mass is 10.1. The zero-order chi connectivity index (χ0) is 31.2. The molecular formula is C38H54O. The molecule has 212 valence electrons. The number of carbonyl (C=O) groups excluding carboxylic acids is 1. The van der Waals surface area contributed by atoms with Crippen molar-refractivity contribution in [3.05, 3.63) is 139 Å². The molecule has 0 atom stereocenters. The summed E-state index contributed by atoms with van der Waals surface area (Å²) in [7, 11) is 0. The molecule has 0 aliphatic heterocycles. The fourth-order valence-corrected chi connectivity index (χ4v) is 2.08. The molecule has 0 radical (unpaired) electrons. The van der Waals surface area contributed by atoms with E-state index in [-0.39, 0.29) is 5.78 Å². The first kappa shape index (κ1) is 42.2. The Hall–Kier alpha value is -3.89. The van der Waals surface area contributed by atoms with Gasteiger partial charge in [0.1, 0.15) is 0 Å². The third-order valence-corrected chi connectivity index (χ3v) is 4.04. The third-order valence-electron chi connectivity index (χ3n) is 4.04. The van der Waals surface area contributed by atoms with Crippen molar-refractivity contribution in [2.45, 2.75) is 76.2 Å². The number of carbonyl (C=O) groups is 1. The summed E-state index contributed by atoms with van der Waals surface area (Å²) in [6.07, 6.45) is 7.89. The Balaban J connectivity index is -0.000000216. The van der Waals surface area contributed by atoms with E-state index in [2.05, 4.69) is 57.2 Å². The summed E-state index contributed by atoms with van der Waals surface area (Å²) in [5, 5.41) is 0. The number of hydrogen-bond acceptors (Lipinski definition) is 1. The first-order chi connectivity index (χ1) is 18.5. The van der Waals surface area contributed by atoms with Gasteiger partial charge in [0.05, 0.1) is 0 Å². The number of ketones is 1. The topological polar surface area (TPSA) is 17.1 Å². The number of allylic oxidation sites excluding steroid dienone is 8. The van der Waals surface area contributed by atoms with Crippen molar-refractivity contribution in [1.29, 1.82) is 0 Å². The normalized spacial score (nSPS) is 8.74. The molecule has 0 aromatic heterocycles. The van der Waals surface area contributed by atoms with Gasteiger partial charge in [0.15, 0.2) is 5.78 Å². The van der Waals surface area contributed by atoms with Crippen molar-refractivity contribution in [1.82, 2.24) is 0 Å². The molecular weight excluding hydrogens is 472 g/mol. The summed E-state index contributed by atoms with van der Waals surface area (Å²) in [4.78, 5) is 10.6. The van der Waals surface area contributed by atoms with Crippen LogP contribution >= 0.6 is 0 Å². The highest BCUT2D eigenvalue weighted by Gasteiger charge is 1.93. The smallest absolute Gasteiger partial charge is 0.159 e. The second-order valence-electron chi connectivity index (χ2n) is 7.93. The number of hydrogen-bond donors (Lipinski definition) is 0. The highest BCUT2D eigenvalue weighted by atomic mass is 16.1. The van der Waals surface area contributed by atoms with E-state index in [1.807, 2.05) is 123 Å². The van der Waals surface area contributed by atoms with Gasteiger partial charge in [-0.1, -0.05) is 143 Å². The zero-order valence-corrected chi connectivity index (χ0v) is 26.7. The van der Waals surface area contributed by atoms with E-state index in [9.17, 15) is 4.79 Å². The SMILES string of the molecule is C=C(C)/C=C\C(C)=C/C.C=C(C)C#Cc1cccc(C(=C)C)c1.C=CC.CC.CC.CC(=O)c1ccccc1. The fraction of sp³-hybridized carbons (Fsp3) is 0.289. The maximum absolute atomic E-state index is 10.6. The lowest BCUT2D eigenvalue weighted by Crippen LogP contribution is -1.88. The molecule has 0 fully saturated rings. The van der Waals surface area contributed by atoms with Crippen molar-refractivity contribution in [2.24, 2.45) is 0 Å². The molecule has 39 heavy (non-hydrogen) atoms. The van der Waals surface area contributed by atoms with E-state index in [1.165, 1.54) is 5.57 Å². The summed E-state index contributed by atoms with van der Waals surface area (Å²) < 4.78 is 0. The molecule has 0 bridgehead atoms. The van der Waals surface area contributed by atoms with Crippen LogP contribution < -0.4 is 0 Å². The number of rotatable bonds is 4. The van der Waals surface area contributed by atoms with E-state index >= 15 is 0 Å².